The van der Waals surface area contributed by atoms with Gasteiger partial charge in [0.15, 0.2) is 0 Å². The van der Waals surface area contributed by atoms with Gasteiger partial charge in [-0.3, -0.25) is 0 Å². The second-order valence-electron chi connectivity index (χ2n) is 3.72. The van der Waals surface area contributed by atoms with Crippen LogP contribution in [0.2, 0.25) is 0 Å². The second kappa shape index (κ2) is 5.34. The lowest BCUT2D eigenvalue weighted by molar-refractivity contribution is 0.561. The van der Waals surface area contributed by atoms with Gasteiger partial charge in [-0.15, -0.1) is 0 Å². The Morgan fingerprint density at radius 2 is 1.67 bits per heavy atom. The van der Waals surface area contributed by atoms with Crippen LogP contribution < -0.4 is 0 Å². The van der Waals surface area contributed by atoms with Gasteiger partial charge in [0.2, 0.25) is 6.08 Å². The van der Waals surface area contributed by atoms with Gasteiger partial charge in [-0.25, -0.2) is 18.6 Å². The summed E-state index contributed by atoms with van der Waals surface area (Å²) in [6, 6.07) is 10.4. The number of hydrogen-bond donors (Lipinski definition) is 0. The van der Waals surface area contributed by atoms with Crippen LogP contribution in [0.1, 0.15) is 5.56 Å². The van der Waals surface area contributed by atoms with E-state index in [0.29, 0.717) is 5.56 Å². The van der Waals surface area contributed by atoms with Crippen molar-refractivity contribution in [2.45, 2.75) is 6.54 Å². The van der Waals surface area contributed by atoms with E-state index in [9.17, 15) is 13.6 Å². The number of isocyanates is 1. The summed E-state index contributed by atoms with van der Waals surface area (Å²) in [6.45, 7) is -0.0512. The van der Waals surface area contributed by atoms with E-state index in [4.69, 9.17) is 0 Å². The molecule has 0 heterocycles. The van der Waals surface area contributed by atoms with Gasteiger partial charge in [0, 0.05) is 5.56 Å². The van der Waals surface area contributed by atoms with Crippen molar-refractivity contribution in [3.8, 4) is 11.1 Å². The fraction of sp³-hybridized carbons (Fsp3) is 0.0714. The van der Waals surface area contributed by atoms with Crippen LogP contribution in [0.3, 0.4) is 0 Å². The third kappa shape index (κ3) is 2.67. The lowest BCUT2D eigenvalue weighted by Gasteiger charge is -2.05. The molecule has 0 saturated heterocycles. The molecule has 2 rings (SSSR count). The first-order valence-electron chi connectivity index (χ1n) is 5.28. The number of benzene rings is 2. The van der Waals surface area contributed by atoms with Gasteiger partial charge in [0.25, 0.3) is 0 Å². The van der Waals surface area contributed by atoms with Gasteiger partial charge < -0.3 is 0 Å². The predicted molar refractivity (Wildman–Crippen MR) is 63.6 cm³/mol. The summed E-state index contributed by atoms with van der Waals surface area (Å²) >= 11 is 0. The summed E-state index contributed by atoms with van der Waals surface area (Å²) in [4.78, 5) is 13.4. The first-order valence-corrected chi connectivity index (χ1v) is 5.28. The van der Waals surface area contributed by atoms with Crippen molar-refractivity contribution in [2.75, 3.05) is 0 Å². The molecule has 0 spiro atoms. The molecule has 0 N–H and O–H groups in total. The van der Waals surface area contributed by atoms with Crippen LogP contribution in [-0.4, -0.2) is 6.08 Å². The molecule has 2 aromatic rings. The minimum absolute atomic E-state index is 0.0512. The van der Waals surface area contributed by atoms with E-state index in [1.165, 1.54) is 24.3 Å². The molecular weight excluding hydrogens is 236 g/mol. The van der Waals surface area contributed by atoms with Gasteiger partial charge in [0.1, 0.15) is 11.6 Å². The first-order chi connectivity index (χ1) is 8.70. The minimum Gasteiger partial charge on any atom is -0.211 e. The van der Waals surface area contributed by atoms with E-state index in [-0.39, 0.29) is 12.4 Å². The highest BCUT2D eigenvalue weighted by Crippen LogP contribution is 2.22. The number of halogens is 2. The Hall–Kier alpha value is -2.32. The standard InChI is InChI=1S/C14H9F2NO/c15-13-4-1-10(2-5-13)11-3-6-14(16)12(7-11)8-17-9-18/h1-7H,8H2. The zero-order valence-corrected chi connectivity index (χ0v) is 9.36. The molecule has 0 aliphatic rings. The summed E-state index contributed by atoms with van der Waals surface area (Å²) in [5.41, 5.74) is 1.82. The fourth-order valence-corrected chi connectivity index (χ4v) is 1.64. The Bertz CT molecular complexity index is 602. The zero-order valence-electron chi connectivity index (χ0n) is 9.36. The molecule has 0 aliphatic heterocycles. The molecule has 4 heteroatoms. The average molecular weight is 245 g/mol. The summed E-state index contributed by atoms with van der Waals surface area (Å²) in [6.07, 6.45) is 1.37. The van der Waals surface area contributed by atoms with Crippen molar-refractivity contribution in [3.63, 3.8) is 0 Å². The Labute approximate surface area is 103 Å². The average Bonchev–Trinajstić information content (AvgIpc) is 2.39. The lowest BCUT2D eigenvalue weighted by atomic mass is 10.0. The maximum atomic E-state index is 13.4. The first kappa shape index (κ1) is 12.1. The van der Waals surface area contributed by atoms with Crippen molar-refractivity contribution in [1.29, 1.82) is 0 Å². The summed E-state index contributed by atoms with van der Waals surface area (Å²) in [5.74, 6) is -0.758. The number of carbonyl (C=O) groups excluding carboxylic acids is 1. The van der Waals surface area contributed by atoms with Crippen LogP contribution in [-0.2, 0) is 11.3 Å². The Morgan fingerprint density at radius 3 is 2.33 bits per heavy atom. The highest BCUT2D eigenvalue weighted by molar-refractivity contribution is 5.64. The Kier molecular flexibility index (Phi) is 3.60. The molecule has 2 aromatic carbocycles. The van der Waals surface area contributed by atoms with Gasteiger partial charge >= 0.3 is 0 Å². The van der Waals surface area contributed by atoms with Gasteiger partial charge in [-0.1, -0.05) is 18.2 Å². The maximum absolute atomic E-state index is 13.4. The smallest absolute Gasteiger partial charge is 0.211 e. The van der Waals surface area contributed by atoms with Gasteiger partial charge in [0.05, 0.1) is 6.54 Å². The molecule has 18 heavy (non-hydrogen) atoms. The van der Waals surface area contributed by atoms with E-state index < -0.39 is 5.82 Å². The molecule has 0 aromatic heterocycles. The van der Waals surface area contributed by atoms with Crippen LogP contribution >= 0.6 is 0 Å². The van der Waals surface area contributed by atoms with Crippen molar-refractivity contribution in [1.82, 2.24) is 0 Å². The van der Waals surface area contributed by atoms with E-state index in [1.54, 1.807) is 24.3 Å². The van der Waals surface area contributed by atoms with Crippen molar-refractivity contribution in [3.05, 3.63) is 59.7 Å². The number of hydrogen-bond acceptors (Lipinski definition) is 2. The highest BCUT2D eigenvalue weighted by Gasteiger charge is 2.05. The van der Waals surface area contributed by atoms with Crippen LogP contribution in [0.25, 0.3) is 11.1 Å². The van der Waals surface area contributed by atoms with Crippen molar-refractivity contribution < 1.29 is 13.6 Å². The van der Waals surface area contributed by atoms with Crippen LogP contribution in [0.4, 0.5) is 8.78 Å². The van der Waals surface area contributed by atoms with Crippen molar-refractivity contribution >= 4 is 6.08 Å². The normalized spacial score (nSPS) is 9.89. The summed E-state index contributed by atoms with van der Waals surface area (Å²) < 4.78 is 26.2. The molecule has 0 unspecified atom stereocenters. The van der Waals surface area contributed by atoms with Gasteiger partial charge in [-0.2, -0.15) is 0 Å². The number of nitrogens with zero attached hydrogens (tertiary/aromatic N) is 1. The molecule has 0 radical (unpaired) electrons. The Balaban J connectivity index is 2.39. The van der Waals surface area contributed by atoms with E-state index in [1.807, 2.05) is 0 Å². The molecule has 0 saturated carbocycles. The van der Waals surface area contributed by atoms with Crippen LogP contribution in [0, 0.1) is 11.6 Å². The summed E-state index contributed by atoms with van der Waals surface area (Å²) in [5, 5.41) is 0. The highest BCUT2D eigenvalue weighted by atomic mass is 19.1. The minimum atomic E-state index is -0.431. The molecule has 90 valence electrons. The van der Waals surface area contributed by atoms with E-state index in [0.717, 1.165) is 11.1 Å². The lowest BCUT2D eigenvalue weighted by Crippen LogP contribution is -1.90. The van der Waals surface area contributed by atoms with Crippen molar-refractivity contribution in [2.24, 2.45) is 4.99 Å². The molecule has 0 fully saturated rings. The van der Waals surface area contributed by atoms with E-state index in [2.05, 4.69) is 4.99 Å². The summed E-state index contributed by atoms with van der Waals surface area (Å²) in [7, 11) is 0. The fourth-order valence-electron chi connectivity index (χ4n) is 1.64. The molecule has 2 nitrogen and oxygen atoms in total. The maximum Gasteiger partial charge on any atom is 0.235 e. The predicted octanol–water partition coefficient (Wildman–Crippen LogP) is 3.47. The van der Waals surface area contributed by atoms with Crippen LogP contribution in [0.5, 0.6) is 0 Å². The molecular formula is C14H9F2NO. The van der Waals surface area contributed by atoms with Gasteiger partial charge in [-0.05, 0) is 35.4 Å². The number of rotatable bonds is 3. The molecule has 0 bridgehead atoms. The second-order valence-corrected chi connectivity index (χ2v) is 3.72. The quantitative estimate of drug-likeness (QED) is 0.601. The molecule has 0 amide bonds. The number of aliphatic imine (C=N–C) groups is 1. The zero-order chi connectivity index (χ0) is 13.0. The SMILES string of the molecule is O=C=NCc1cc(-c2ccc(F)cc2)ccc1F. The third-order valence-electron chi connectivity index (χ3n) is 2.54. The Morgan fingerprint density at radius 1 is 1.00 bits per heavy atom. The third-order valence-corrected chi connectivity index (χ3v) is 2.54. The molecule has 0 atom stereocenters. The topological polar surface area (TPSA) is 29.4 Å². The van der Waals surface area contributed by atoms with E-state index >= 15 is 0 Å². The molecule has 0 aliphatic carbocycles. The monoisotopic (exact) mass is 245 g/mol. The van der Waals surface area contributed by atoms with Crippen LogP contribution in [0.15, 0.2) is 47.5 Å². The largest absolute Gasteiger partial charge is 0.235 e.